The summed E-state index contributed by atoms with van der Waals surface area (Å²) < 4.78 is 0. The molecule has 0 saturated carbocycles. The van der Waals surface area contributed by atoms with Gasteiger partial charge in [-0.05, 0) is 37.3 Å². The number of likely N-dealkylation sites (tertiary alicyclic amines) is 1. The highest BCUT2D eigenvalue weighted by atomic mass is 16.4. The van der Waals surface area contributed by atoms with E-state index in [2.05, 4.69) is 29.4 Å². The van der Waals surface area contributed by atoms with Gasteiger partial charge in [-0.25, -0.2) is 4.79 Å². The highest BCUT2D eigenvalue weighted by Crippen LogP contribution is 2.21. The summed E-state index contributed by atoms with van der Waals surface area (Å²) in [7, 11) is 2.06. The quantitative estimate of drug-likeness (QED) is 0.744. The van der Waals surface area contributed by atoms with Crippen molar-refractivity contribution in [3.05, 3.63) is 30.3 Å². The van der Waals surface area contributed by atoms with Crippen LogP contribution in [0.5, 0.6) is 0 Å². The van der Waals surface area contributed by atoms with Crippen molar-refractivity contribution in [1.82, 2.24) is 10.2 Å². The van der Waals surface area contributed by atoms with Crippen LogP contribution in [0.3, 0.4) is 0 Å². The maximum Gasteiger partial charge on any atom is 0.317 e. The molecule has 6 nitrogen and oxygen atoms in total. The van der Waals surface area contributed by atoms with Gasteiger partial charge in [0.1, 0.15) is 0 Å². The minimum atomic E-state index is -0.812. The smallest absolute Gasteiger partial charge is 0.317 e. The molecular formula is C19H29N3O3. The second kappa shape index (κ2) is 9.30. The van der Waals surface area contributed by atoms with Gasteiger partial charge in [0.15, 0.2) is 0 Å². The van der Waals surface area contributed by atoms with E-state index in [4.69, 9.17) is 0 Å². The molecule has 1 aromatic rings. The van der Waals surface area contributed by atoms with Gasteiger partial charge in [0.25, 0.3) is 0 Å². The minimum absolute atomic E-state index is 0.144. The van der Waals surface area contributed by atoms with Gasteiger partial charge < -0.3 is 20.2 Å². The molecule has 2 N–H and O–H groups in total. The molecule has 25 heavy (non-hydrogen) atoms. The molecule has 2 atom stereocenters. The van der Waals surface area contributed by atoms with Gasteiger partial charge in [0.05, 0.1) is 5.92 Å². The fraction of sp³-hybridized carbons (Fsp3) is 0.579. The molecule has 1 saturated heterocycles. The number of hydrogen-bond donors (Lipinski definition) is 2. The van der Waals surface area contributed by atoms with Gasteiger partial charge in [0, 0.05) is 38.9 Å². The Kier molecular flexibility index (Phi) is 7.10. The normalized spacial score (nSPS) is 20.2. The predicted molar refractivity (Wildman–Crippen MR) is 98.8 cm³/mol. The Morgan fingerprint density at radius 1 is 1.24 bits per heavy atom. The topological polar surface area (TPSA) is 72.9 Å². The van der Waals surface area contributed by atoms with Crippen LogP contribution in [-0.2, 0) is 4.79 Å². The molecule has 0 spiro atoms. The monoisotopic (exact) mass is 347 g/mol. The molecule has 0 aliphatic carbocycles. The lowest BCUT2D eigenvalue weighted by Gasteiger charge is -2.34. The zero-order valence-electron chi connectivity index (χ0n) is 15.1. The predicted octanol–water partition coefficient (Wildman–Crippen LogP) is 2.66. The molecule has 6 heteroatoms. The fourth-order valence-electron chi connectivity index (χ4n) is 3.29. The number of carboxylic acids is 1. The van der Waals surface area contributed by atoms with Gasteiger partial charge in [-0.1, -0.05) is 25.1 Å². The number of aliphatic carboxylic acids is 1. The van der Waals surface area contributed by atoms with E-state index in [0.717, 1.165) is 19.4 Å². The number of para-hydroxylation sites is 1. The highest BCUT2D eigenvalue weighted by molar-refractivity contribution is 5.76. The van der Waals surface area contributed by atoms with Crippen LogP contribution < -0.4 is 10.2 Å². The first-order valence-corrected chi connectivity index (χ1v) is 8.99. The van der Waals surface area contributed by atoms with Crippen LogP contribution in [0.4, 0.5) is 10.5 Å². The first-order chi connectivity index (χ1) is 12.0. The molecule has 0 bridgehead atoms. The number of nitrogens with one attached hydrogen (secondary N) is 1. The van der Waals surface area contributed by atoms with E-state index in [1.54, 1.807) is 4.90 Å². The molecule has 1 aliphatic rings. The van der Waals surface area contributed by atoms with Crippen LogP contribution in [0.1, 0.15) is 26.2 Å². The summed E-state index contributed by atoms with van der Waals surface area (Å²) in [5.41, 5.74) is 1.19. The van der Waals surface area contributed by atoms with E-state index in [1.807, 2.05) is 25.1 Å². The Morgan fingerprint density at radius 2 is 1.96 bits per heavy atom. The Morgan fingerprint density at radius 3 is 2.64 bits per heavy atom. The number of carboxylic acid groups (broad SMARTS) is 1. The summed E-state index contributed by atoms with van der Waals surface area (Å²) in [4.78, 5) is 27.3. The molecule has 0 radical (unpaired) electrons. The summed E-state index contributed by atoms with van der Waals surface area (Å²) in [5, 5.41) is 12.1. The average molecular weight is 347 g/mol. The summed E-state index contributed by atoms with van der Waals surface area (Å²) >= 11 is 0. The van der Waals surface area contributed by atoms with Crippen molar-refractivity contribution < 1.29 is 14.7 Å². The number of unbranched alkanes of at least 4 members (excludes halogenated alkanes) is 1. The Hall–Kier alpha value is -2.24. The fourth-order valence-corrected chi connectivity index (χ4v) is 3.29. The number of urea groups is 1. The van der Waals surface area contributed by atoms with Crippen LogP contribution in [-0.4, -0.2) is 55.2 Å². The molecule has 0 aromatic heterocycles. The van der Waals surface area contributed by atoms with Crippen molar-refractivity contribution in [1.29, 1.82) is 0 Å². The van der Waals surface area contributed by atoms with E-state index in [0.29, 0.717) is 26.1 Å². The molecule has 1 aliphatic heterocycles. The molecule has 1 fully saturated rings. The number of benzene rings is 1. The third-order valence-corrected chi connectivity index (χ3v) is 4.69. The lowest BCUT2D eigenvalue weighted by molar-refractivity contribution is -0.143. The highest BCUT2D eigenvalue weighted by Gasteiger charge is 2.31. The first-order valence-electron chi connectivity index (χ1n) is 8.99. The van der Waals surface area contributed by atoms with Crippen molar-refractivity contribution in [2.45, 2.75) is 26.2 Å². The van der Waals surface area contributed by atoms with E-state index in [9.17, 15) is 14.7 Å². The molecule has 138 valence electrons. The van der Waals surface area contributed by atoms with Crippen LogP contribution in [0, 0.1) is 11.8 Å². The number of hydrogen-bond acceptors (Lipinski definition) is 3. The van der Waals surface area contributed by atoms with Gasteiger partial charge in [0.2, 0.25) is 0 Å². The molecular weight excluding hydrogens is 318 g/mol. The Balaban J connectivity index is 1.66. The van der Waals surface area contributed by atoms with E-state index in [-0.39, 0.29) is 11.9 Å². The summed E-state index contributed by atoms with van der Waals surface area (Å²) in [6.07, 6.45) is 2.53. The maximum absolute atomic E-state index is 12.2. The third-order valence-electron chi connectivity index (χ3n) is 4.69. The molecule has 1 aromatic carbocycles. The largest absolute Gasteiger partial charge is 0.481 e. The zero-order chi connectivity index (χ0) is 18.2. The van der Waals surface area contributed by atoms with Crippen LogP contribution >= 0.6 is 0 Å². The van der Waals surface area contributed by atoms with Crippen molar-refractivity contribution in [3.63, 3.8) is 0 Å². The molecule has 1 heterocycles. The van der Waals surface area contributed by atoms with Crippen molar-refractivity contribution in [2.24, 2.45) is 11.8 Å². The van der Waals surface area contributed by atoms with Crippen molar-refractivity contribution in [3.8, 4) is 0 Å². The van der Waals surface area contributed by atoms with Gasteiger partial charge >= 0.3 is 12.0 Å². The Labute approximate surface area is 149 Å². The standard InChI is InChI=1S/C19H29N3O3/c1-15-12-16(18(23)24)14-22(13-15)19(25)20-10-6-7-11-21(2)17-8-4-3-5-9-17/h3-5,8-9,15-16H,6-7,10-14H2,1-2H3,(H,20,25)(H,23,24). The van der Waals surface area contributed by atoms with Crippen LogP contribution in [0.15, 0.2) is 30.3 Å². The number of carbonyl (C=O) groups is 2. The number of piperidine rings is 1. The van der Waals surface area contributed by atoms with Gasteiger partial charge in [-0.15, -0.1) is 0 Å². The lowest BCUT2D eigenvalue weighted by atomic mass is 9.91. The zero-order valence-corrected chi connectivity index (χ0v) is 15.1. The minimum Gasteiger partial charge on any atom is -0.481 e. The second-order valence-corrected chi connectivity index (χ2v) is 6.98. The molecule has 2 amide bonds. The van der Waals surface area contributed by atoms with Crippen LogP contribution in [0.25, 0.3) is 0 Å². The van der Waals surface area contributed by atoms with Crippen molar-refractivity contribution >= 4 is 17.7 Å². The number of anilines is 1. The van der Waals surface area contributed by atoms with Gasteiger partial charge in [-0.3, -0.25) is 4.79 Å². The number of amides is 2. The SMILES string of the molecule is CC1CC(C(=O)O)CN(C(=O)NCCCCN(C)c2ccccc2)C1. The van der Waals surface area contributed by atoms with Crippen molar-refractivity contribution in [2.75, 3.05) is 38.1 Å². The molecule has 2 unspecified atom stereocenters. The first kappa shape index (κ1) is 19.1. The Bertz CT molecular complexity index is 564. The van der Waals surface area contributed by atoms with Gasteiger partial charge in [-0.2, -0.15) is 0 Å². The second-order valence-electron chi connectivity index (χ2n) is 6.98. The number of rotatable bonds is 7. The molecule has 2 rings (SSSR count). The lowest BCUT2D eigenvalue weighted by Crippen LogP contribution is -2.49. The van der Waals surface area contributed by atoms with Crippen LogP contribution in [0.2, 0.25) is 0 Å². The average Bonchev–Trinajstić information content (AvgIpc) is 2.61. The summed E-state index contributed by atoms with van der Waals surface area (Å²) in [5.74, 6) is -1.04. The number of carbonyl (C=O) groups excluding carboxylic acids is 1. The van der Waals surface area contributed by atoms with E-state index < -0.39 is 11.9 Å². The summed E-state index contributed by atoms with van der Waals surface area (Å²) in [6, 6.07) is 10.1. The van der Waals surface area contributed by atoms with E-state index >= 15 is 0 Å². The maximum atomic E-state index is 12.2. The van der Waals surface area contributed by atoms with E-state index in [1.165, 1.54) is 5.69 Å². The third kappa shape index (κ3) is 5.96. The summed E-state index contributed by atoms with van der Waals surface area (Å²) in [6.45, 7) is 4.48. The number of nitrogens with zero attached hydrogens (tertiary/aromatic N) is 2.